The molecule has 0 saturated heterocycles. The molecule has 98 valence electrons. The molecule has 0 amide bonds. The van der Waals surface area contributed by atoms with E-state index in [1.165, 1.54) is 0 Å². The van der Waals surface area contributed by atoms with Crippen LogP contribution in [0.4, 0.5) is 0 Å². The molecule has 0 aliphatic heterocycles. The normalized spacial score (nSPS) is 13.5. The highest BCUT2D eigenvalue weighted by Crippen LogP contribution is 2.14. The molecular weight excluding hydrogens is 238 g/mol. The number of hydrogen-bond donors (Lipinski definition) is 1. The molecule has 0 atom stereocenters. The van der Waals surface area contributed by atoms with E-state index >= 15 is 0 Å². The van der Waals surface area contributed by atoms with E-state index in [2.05, 4.69) is 31.3 Å². The maximum Gasteiger partial charge on any atom is 0.499 e. The summed E-state index contributed by atoms with van der Waals surface area (Å²) < 4.78 is 13.1. The molecule has 6 heteroatoms. The average molecular weight is 266 g/mol. The Morgan fingerprint density at radius 3 is 1.81 bits per heavy atom. The van der Waals surface area contributed by atoms with Crippen molar-refractivity contribution in [3.63, 3.8) is 0 Å². The number of rotatable bonds is 8. The van der Waals surface area contributed by atoms with Crippen molar-refractivity contribution < 1.29 is 13.6 Å². The lowest BCUT2D eigenvalue weighted by Crippen LogP contribution is -2.49. The summed E-state index contributed by atoms with van der Waals surface area (Å²) >= 11 is 0. The van der Waals surface area contributed by atoms with Gasteiger partial charge in [0.25, 0.3) is 0 Å². The second kappa shape index (κ2) is 6.88. The van der Waals surface area contributed by atoms with Gasteiger partial charge in [-0.05, 0) is 27.4 Å². The highest BCUT2D eigenvalue weighted by Gasteiger charge is 2.37. The van der Waals surface area contributed by atoms with Crippen molar-refractivity contribution in [3.8, 4) is 0 Å². The average Bonchev–Trinajstić information content (AvgIpc) is 2.13. The maximum atomic E-state index is 10.2. The Morgan fingerprint density at radius 1 is 1.06 bits per heavy atom. The largest absolute Gasteiger partial charge is 0.499 e. The maximum absolute atomic E-state index is 10.2. The van der Waals surface area contributed by atoms with Crippen molar-refractivity contribution in [1.29, 1.82) is 0 Å². The lowest BCUT2D eigenvalue weighted by Gasteiger charge is -2.32. The van der Waals surface area contributed by atoms with Crippen LogP contribution in [0.3, 0.4) is 0 Å². The molecule has 0 aliphatic carbocycles. The standard InChI is InChI=1S/C10H27NO3Si2/c1-7-13-16(12,14-8-2)10-9-11(3)15(4,5)6/h12H,7-10H2,1-6H3. The lowest BCUT2D eigenvalue weighted by molar-refractivity contribution is 0.107. The molecule has 0 aromatic rings. The van der Waals surface area contributed by atoms with Crippen molar-refractivity contribution in [2.75, 3.05) is 26.8 Å². The first-order valence-corrected chi connectivity index (χ1v) is 11.4. The molecular formula is C10H27NO3Si2. The predicted molar refractivity (Wildman–Crippen MR) is 72.0 cm³/mol. The third-order valence-corrected chi connectivity index (χ3v) is 7.50. The highest BCUT2D eigenvalue weighted by molar-refractivity contribution is 6.73. The van der Waals surface area contributed by atoms with Crippen molar-refractivity contribution in [1.82, 2.24) is 4.57 Å². The van der Waals surface area contributed by atoms with E-state index in [9.17, 15) is 4.80 Å². The van der Waals surface area contributed by atoms with Gasteiger partial charge in [-0.3, -0.25) is 0 Å². The van der Waals surface area contributed by atoms with E-state index < -0.39 is 17.0 Å². The molecule has 16 heavy (non-hydrogen) atoms. The fourth-order valence-electron chi connectivity index (χ4n) is 1.28. The van der Waals surface area contributed by atoms with Crippen molar-refractivity contribution >= 4 is 17.0 Å². The summed E-state index contributed by atoms with van der Waals surface area (Å²) in [6.07, 6.45) is 0. The molecule has 0 heterocycles. The van der Waals surface area contributed by atoms with E-state index in [1.807, 2.05) is 13.8 Å². The molecule has 0 spiro atoms. The Labute approximate surface area is 102 Å². The molecule has 0 rings (SSSR count). The van der Waals surface area contributed by atoms with Gasteiger partial charge in [0.05, 0.1) is 0 Å². The van der Waals surface area contributed by atoms with Crippen LogP contribution in [0, 0.1) is 0 Å². The molecule has 0 aromatic carbocycles. The van der Waals surface area contributed by atoms with Crippen molar-refractivity contribution in [3.05, 3.63) is 0 Å². The van der Waals surface area contributed by atoms with E-state index in [-0.39, 0.29) is 0 Å². The van der Waals surface area contributed by atoms with Crippen molar-refractivity contribution in [2.24, 2.45) is 0 Å². The zero-order valence-electron chi connectivity index (χ0n) is 11.5. The van der Waals surface area contributed by atoms with Gasteiger partial charge in [-0.2, -0.15) is 0 Å². The Hall–Kier alpha value is 0.274. The minimum Gasteiger partial charge on any atom is -0.390 e. The monoisotopic (exact) mass is 265 g/mol. The first-order valence-electron chi connectivity index (χ1n) is 5.96. The number of nitrogens with zero attached hydrogens (tertiary/aromatic N) is 1. The van der Waals surface area contributed by atoms with Crippen LogP contribution in [0.25, 0.3) is 0 Å². The second-order valence-electron chi connectivity index (χ2n) is 4.92. The van der Waals surface area contributed by atoms with Crippen LogP contribution in [-0.4, -0.2) is 53.2 Å². The van der Waals surface area contributed by atoms with Gasteiger partial charge >= 0.3 is 8.80 Å². The van der Waals surface area contributed by atoms with E-state index in [0.29, 0.717) is 19.3 Å². The van der Waals surface area contributed by atoms with Crippen LogP contribution in [0.15, 0.2) is 0 Å². The van der Waals surface area contributed by atoms with Gasteiger partial charge in [-0.1, -0.05) is 19.6 Å². The third kappa shape index (κ3) is 6.12. The Morgan fingerprint density at radius 2 is 1.50 bits per heavy atom. The molecule has 0 unspecified atom stereocenters. The van der Waals surface area contributed by atoms with E-state index in [1.54, 1.807) is 0 Å². The van der Waals surface area contributed by atoms with Gasteiger partial charge in [-0.25, -0.2) is 0 Å². The molecule has 0 fully saturated rings. The van der Waals surface area contributed by atoms with Gasteiger partial charge in [-0.15, -0.1) is 0 Å². The fourth-order valence-corrected chi connectivity index (χ4v) is 4.18. The van der Waals surface area contributed by atoms with Gasteiger partial charge < -0.3 is 18.2 Å². The van der Waals surface area contributed by atoms with Gasteiger partial charge in [0, 0.05) is 19.3 Å². The van der Waals surface area contributed by atoms with Crippen LogP contribution in [0.2, 0.25) is 25.7 Å². The van der Waals surface area contributed by atoms with Gasteiger partial charge in [0.1, 0.15) is 8.24 Å². The van der Waals surface area contributed by atoms with Crippen LogP contribution in [0.5, 0.6) is 0 Å². The lowest BCUT2D eigenvalue weighted by atomic mass is 10.8. The van der Waals surface area contributed by atoms with Crippen molar-refractivity contribution in [2.45, 2.75) is 39.5 Å². The molecule has 0 aromatic heterocycles. The molecule has 1 N–H and O–H groups in total. The zero-order chi connectivity index (χ0) is 12.8. The molecule has 0 aliphatic rings. The Bertz CT molecular complexity index is 191. The van der Waals surface area contributed by atoms with Crippen LogP contribution in [-0.2, 0) is 8.85 Å². The quantitative estimate of drug-likeness (QED) is 0.679. The van der Waals surface area contributed by atoms with E-state index in [4.69, 9.17) is 8.85 Å². The topological polar surface area (TPSA) is 41.9 Å². The van der Waals surface area contributed by atoms with Crippen LogP contribution < -0.4 is 0 Å². The molecule has 0 saturated carbocycles. The van der Waals surface area contributed by atoms with E-state index in [0.717, 1.165) is 6.54 Å². The number of hydrogen-bond acceptors (Lipinski definition) is 4. The minimum absolute atomic E-state index is 0.513. The first-order chi connectivity index (χ1) is 7.25. The summed E-state index contributed by atoms with van der Waals surface area (Å²) in [4.78, 5) is 10.2. The van der Waals surface area contributed by atoms with Gasteiger partial charge in [0.2, 0.25) is 0 Å². The van der Waals surface area contributed by atoms with Crippen LogP contribution in [0.1, 0.15) is 13.8 Å². The summed E-state index contributed by atoms with van der Waals surface area (Å²) in [5.74, 6) is 0. The molecule has 4 nitrogen and oxygen atoms in total. The third-order valence-electron chi connectivity index (χ3n) is 2.65. The summed E-state index contributed by atoms with van der Waals surface area (Å²) in [5.41, 5.74) is 0. The van der Waals surface area contributed by atoms with Crippen LogP contribution >= 0.6 is 0 Å². The summed E-state index contributed by atoms with van der Waals surface area (Å²) in [5, 5.41) is 0. The SMILES string of the molecule is CCO[Si](O)(CCN(C)[Si](C)(C)C)OCC. The highest BCUT2D eigenvalue weighted by atomic mass is 28.4. The molecule has 0 radical (unpaired) electrons. The smallest absolute Gasteiger partial charge is 0.390 e. The van der Waals surface area contributed by atoms with Gasteiger partial charge in [0.15, 0.2) is 0 Å². The zero-order valence-corrected chi connectivity index (χ0v) is 13.5. The minimum atomic E-state index is -2.91. The molecule has 0 bridgehead atoms. The summed E-state index contributed by atoms with van der Waals surface area (Å²) in [7, 11) is -2.07. The first kappa shape index (κ1) is 16.3. The Balaban J connectivity index is 4.21. The predicted octanol–water partition coefficient (Wildman–Crippen LogP) is 1.76. The fraction of sp³-hybridized carbons (Fsp3) is 1.00. The summed E-state index contributed by atoms with van der Waals surface area (Å²) in [6.45, 7) is 12.5. The second-order valence-corrected chi connectivity index (χ2v) is 12.5. The summed E-state index contributed by atoms with van der Waals surface area (Å²) in [6, 6.07) is 0.620. The Kier molecular flexibility index (Phi) is 6.99.